The first kappa shape index (κ1) is 17.4. The zero-order valence-corrected chi connectivity index (χ0v) is 14.4. The molecule has 1 aliphatic heterocycles. The molecule has 2 heterocycles. The Kier molecular flexibility index (Phi) is 6.00. The highest BCUT2D eigenvalue weighted by Crippen LogP contribution is 2.20. The molecule has 0 unspecified atom stereocenters. The van der Waals surface area contributed by atoms with Gasteiger partial charge in [-0.25, -0.2) is 18.1 Å². The number of aromatic nitrogens is 1. The summed E-state index contributed by atoms with van der Waals surface area (Å²) in [6, 6.07) is 0. The fraction of sp³-hybridized carbons (Fsp3) is 0.800. The lowest BCUT2D eigenvalue weighted by atomic mass is 9.98. The van der Waals surface area contributed by atoms with E-state index in [2.05, 4.69) is 9.71 Å². The van der Waals surface area contributed by atoms with Gasteiger partial charge < -0.3 is 9.15 Å². The molecule has 7 heteroatoms. The highest BCUT2D eigenvalue weighted by Gasteiger charge is 2.19. The van der Waals surface area contributed by atoms with Crippen molar-refractivity contribution in [3.8, 4) is 0 Å². The van der Waals surface area contributed by atoms with E-state index < -0.39 is 10.0 Å². The average Bonchev–Trinajstić information content (AvgIpc) is 2.86. The van der Waals surface area contributed by atoms with Crippen LogP contribution < -0.4 is 4.72 Å². The van der Waals surface area contributed by atoms with Crippen LogP contribution in [0, 0.1) is 12.8 Å². The van der Waals surface area contributed by atoms with E-state index >= 15 is 0 Å². The summed E-state index contributed by atoms with van der Waals surface area (Å²) in [7, 11) is -3.29. The number of nitrogens with zero attached hydrogens (tertiary/aromatic N) is 1. The molecule has 0 radical (unpaired) electrons. The van der Waals surface area contributed by atoms with Gasteiger partial charge in [-0.1, -0.05) is 13.8 Å². The Morgan fingerprint density at radius 1 is 1.32 bits per heavy atom. The summed E-state index contributed by atoms with van der Waals surface area (Å²) in [5, 5.41) is 0. The van der Waals surface area contributed by atoms with E-state index in [1.807, 2.05) is 20.8 Å². The summed E-state index contributed by atoms with van der Waals surface area (Å²) in [6.07, 6.45) is 2.59. The number of sulfonamides is 1. The van der Waals surface area contributed by atoms with E-state index in [4.69, 9.17) is 9.15 Å². The Morgan fingerprint density at radius 2 is 2.00 bits per heavy atom. The maximum Gasteiger partial charge on any atom is 0.212 e. The third-order valence-corrected chi connectivity index (χ3v) is 5.35. The largest absolute Gasteiger partial charge is 0.444 e. The molecule has 6 nitrogen and oxygen atoms in total. The summed E-state index contributed by atoms with van der Waals surface area (Å²) in [6.45, 7) is 7.48. The highest BCUT2D eigenvalue weighted by atomic mass is 32.2. The van der Waals surface area contributed by atoms with Gasteiger partial charge in [0.2, 0.25) is 10.0 Å². The fourth-order valence-electron chi connectivity index (χ4n) is 2.47. The van der Waals surface area contributed by atoms with Gasteiger partial charge in [0, 0.05) is 19.1 Å². The Labute approximate surface area is 132 Å². The molecular weight excluding hydrogens is 304 g/mol. The first-order valence-electron chi connectivity index (χ1n) is 7.88. The maximum absolute atomic E-state index is 12.1. The molecule has 0 spiro atoms. The molecule has 1 aromatic heterocycles. The summed E-state index contributed by atoms with van der Waals surface area (Å²) < 4.78 is 37.7. The molecule has 1 aromatic rings. The molecule has 0 amide bonds. The van der Waals surface area contributed by atoms with Crippen LogP contribution in [0.4, 0.5) is 0 Å². The van der Waals surface area contributed by atoms with Gasteiger partial charge in [-0.15, -0.1) is 0 Å². The minimum Gasteiger partial charge on any atom is -0.444 e. The van der Waals surface area contributed by atoms with Gasteiger partial charge in [0.05, 0.1) is 18.0 Å². The number of oxazole rings is 1. The van der Waals surface area contributed by atoms with Crippen molar-refractivity contribution in [3.63, 3.8) is 0 Å². The Hall–Kier alpha value is -0.920. The molecule has 1 saturated heterocycles. The first-order valence-corrected chi connectivity index (χ1v) is 9.54. The highest BCUT2D eigenvalue weighted by molar-refractivity contribution is 7.89. The number of hydrogen-bond donors (Lipinski definition) is 1. The Bertz CT molecular complexity index is 574. The first-order chi connectivity index (χ1) is 10.4. The molecule has 0 atom stereocenters. The number of rotatable bonds is 7. The zero-order chi connectivity index (χ0) is 16.2. The van der Waals surface area contributed by atoms with E-state index in [0.717, 1.165) is 31.7 Å². The molecular formula is C15H26N2O4S. The van der Waals surface area contributed by atoms with Crippen LogP contribution in [0.15, 0.2) is 4.42 Å². The van der Waals surface area contributed by atoms with Gasteiger partial charge in [-0.05, 0) is 32.1 Å². The molecule has 1 aliphatic rings. The average molecular weight is 330 g/mol. The van der Waals surface area contributed by atoms with E-state index in [-0.39, 0.29) is 18.2 Å². The molecule has 22 heavy (non-hydrogen) atoms. The van der Waals surface area contributed by atoms with Crippen LogP contribution in [0.1, 0.15) is 56.4 Å². The van der Waals surface area contributed by atoms with Crippen LogP contribution in [-0.4, -0.2) is 32.4 Å². The molecule has 0 bridgehead atoms. The van der Waals surface area contributed by atoms with Crippen LogP contribution in [0.5, 0.6) is 0 Å². The van der Waals surface area contributed by atoms with Crippen molar-refractivity contribution in [2.24, 2.45) is 5.92 Å². The second kappa shape index (κ2) is 7.57. The Morgan fingerprint density at radius 3 is 2.59 bits per heavy atom. The lowest BCUT2D eigenvalue weighted by molar-refractivity contribution is 0.0655. The minimum atomic E-state index is -3.29. The molecule has 0 aliphatic carbocycles. The quantitative estimate of drug-likeness (QED) is 0.830. The van der Waals surface area contributed by atoms with Crippen molar-refractivity contribution in [2.75, 3.05) is 19.0 Å². The SMILES string of the molecule is Cc1nc(C(C)C)oc1CNS(=O)(=O)CCC1CCOCC1. The topological polar surface area (TPSA) is 81.4 Å². The normalized spacial score (nSPS) is 17.3. The van der Waals surface area contributed by atoms with Crippen LogP contribution in [0.2, 0.25) is 0 Å². The van der Waals surface area contributed by atoms with Crippen molar-refractivity contribution >= 4 is 10.0 Å². The smallest absolute Gasteiger partial charge is 0.212 e. The minimum absolute atomic E-state index is 0.155. The maximum atomic E-state index is 12.1. The monoisotopic (exact) mass is 330 g/mol. The van der Waals surface area contributed by atoms with Gasteiger partial charge in [0.1, 0.15) is 5.76 Å². The van der Waals surface area contributed by atoms with E-state index in [9.17, 15) is 8.42 Å². The van der Waals surface area contributed by atoms with Crippen molar-refractivity contribution in [2.45, 2.75) is 52.5 Å². The number of aryl methyl sites for hydroxylation is 1. The van der Waals surface area contributed by atoms with Crippen molar-refractivity contribution in [1.82, 2.24) is 9.71 Å². The lowest BCUT2D eigenvalue weighted by Gasteiger charge is -2.21. The fourth-order valence-corrected chi connectivity index (χ4v) is 3.61. The molecule has 2 rings (SSSR count). The molecule has 126 valence electrons. The second-order valence-corrected chi connectivity index (χ2v) is 8.13. The van der Waals surface area contributed by atoms with Gasteiger partial charge in [0.15, 0.2) is 5.89 Å². The zero-order valence-electron chi connectivity index (χ0n) is 13.6. The summed E-state index contributed by atoms with van der Waals surface area (Å²) >= 11 is 0. The van der Waals surface area contributed by atoms with Crippen molar-refractivity contribution < 1.29 is 17.6 Å². The summed E-state index contributed by atoms with van der Waals surface area (Å²) in [4.78, 5) is 4.31. The van der Waals surface area contributed by atoms with Gasteiger partial charge in [0.25, 0.3) is 0 Å². The van der Waals surface area contributed by atoms with Crippen molar-refractivity contribution in [1.29, 1.82) is 0 Å². The van der Waals surface area contributed by atoms with Crippen LogP contribution in [0.25, 0.3) is 0 Å². The predicted molar refractivity (Wildman–Crippen MR) is 84.1 cm³/mol. The van der Waals surface area contributed by atoms with Crippen molar-refractivity contribution in [3.05, 3.63) is 17.3 Å². The Balaban J connectivity index is 1.84. The second-order valence-electron chi connectivity index (χ2n) is 6.20. The third-order valence-electron chi connectivity index (χ3n) is 3.99. The molecule has 0 aromatic carbocycles. The summed E-state index contributed by atoms with van der Waals surface area (Å²) in [5.41, 5.74) is 0.746. The standard InChI is InChI=1S/C15H26N2O4S/c1-11(2)15-17-12(3)14(21-15)10-16-22(18,19)9-6-13-4-7-20-8-5-13/h11,13,16H,4-10H2,1-3H3. The number of nitrogens with one attached hydrogen (secondary N) is 1. The summed E-state index contributed by atoms with van der Waals surface area (Å²) in [5.74, 6) is 2.04. The molecule has 1 N–H and O–H groups in total. The van der Waals surface area contributed by atoms with Gasteiger partial charge >= 0.3 is 0 Å². The van der Waals surface area contributed by atoms with E-state index in [0.29, 0.717) is 24.0 Å². The third kappa shape index (κ3) is 5.07. The van der Waals surface area contributed by atoms with Gasteiger partial charge in [-0.3, -0.25) is 0 Å². The van der Waals surface area contributed by atoms with Crippen LogP contribution >= 0.6 is 0 Å². The van der Waals surface area contributed by atoms with E-state index in [1.54, 1.807) is 0 Å². The predicted octanol–water partition coefficient (Wildman–Crippen LogP) is 2.34. The number of hydrogen-bond acceptors (Lipinski definition) is 5. The molecule has 1 fully saturated rings. The lowest BCUT2D eigenvalue weighted by Crippen LogP contribution is -2.28. The number of ether oxygens (including phenoxy) is 1. The van der Waals surface area contributed by atoms with Crippen LogP contribution in [-0.2, 0) is 21.3 Å². The van der Waals surface area contributed by atoms with Crippen LogP contribution in [0.3, 0.4) is 0 Å². The van der Waals surface area contributed by atoms with Gasteiger partial charge in [-0.2, -0.15) is 0 Å². The van der Waals surface area contributed by atoms with E-state index in [1.165, 1.54) is 0 Å². The molecule has 0 saturated carbocycles.